The predicted octanol–water partition coefficient (Wildman–Crippen LogP) is 2.97. The van der Waals surface area contributed by atoms with Crippen molar-refractivity contribution in [2.75, 3.05) is 0 Å². The zero-order valence-corrected chi connectivity index (χ0v) is 10.7. The molecule has 2 N–H and O–H groups in total. The molecule has 98 valence electrons. The van der Waals surface area contributed by atoms with E-state index in [0.29, 0.717) is 0 Å². The van der Waals surface area contributed by atoms with Gasteiger partial charge in [0.05, 0.1) is 0 Å². The molecule has 0 heterocycles. The lowest BCUT2D eigenvalue weighted by Crippen LogP contribution is -2.06. The minimum Gasteiger partial charge on any atom is -0.481 e. The van der Waals surface area contributed by atoms with Crippen LogP contribution in [-0.4, -0.2) is 22.3 Å². The molecule has 0 radical (unpaired) electrons. The van der Waals surface area contributed by atoms with Crippen molar-refractivity contribution in [3.05, 3.63) is 0 Å². The summed E-state index contributed by atoms with van der Waals surface area (Å²) >= 11 is 0. The van der Waals surface area contributed by atoms with Crippen molar-refractivity contribution in [1.29, 1.82) is 0 Å². The van der Waals surface area contributed by atoms with Crippen LogP contribution in [0, 0.1) is 11.8 Å². The van der Waals surface area contributed by atoms with Gasteiger partial charge in [0.25, 0.3) is 0 Å². The molecule has 0 spiro atoms. The Morgan fingerprint density at radius 2 is 1.82 bits per heavy atom. The second-order valence-corrected chi connectivity index (χ2v) is 4.29. The lowest BCUT2D eigenvalue weighted by molar-refractivity contribution is -0.137. The number of rotatable bonds is 9. The van der Waals surface area contributed by atoms with E-state index in [4.69, 9.17) is 5.11 Å². The van der Waals surface area contributed by atoms with E-state index in [2.05, 4.69) is 18.8 Å². The highest BCUT2D eigenvalue weighted by Crippen LogP contribution is 2.06. The molecule has 0 aromatic rings. The summed E-state index contributed by atoms with van der Waals surface area (Å²) in [5.74, 6) is 4.70. The van der Waals surface area contributed by atoms with Gasteiger partial charge in [0.2, 0.25) is 0 Å². The molecule has 0 aromatic heterocycles. The van der Waals surface area contributed by atoms with Crippen LogP contribution in [0.1, 0.15) is 64.7 Å². The van der Waals surface area contributed by atoms with Crippen molar-refractivity contribution in [3.63, 3.8) is 0 Å². The Morgan fingerprint density at radius 3 is 2.47 bits per heavy atom. The van der Waals surface area contributed by atoms with Gasteiger partial charge in [0.1, 0.15) is 6.10 Å². The summed E-state index contributed by atoms with van der Waals surface area (Å²) in [4.78, 5) is 10.2. The standard InChI is InChI=1S/C14H24O3/c1-2-3-4-5-6-7-8-9-10-13(15)11-12-14(16)17/h13,15H,2-8,11-12H2,1H3,(H,16,17)/t13-/m1/s1. The van der Waals surface area contributed by atoms with E-state index < -0.39 is 12.1 Å². The van der Waals surface area contributed by atoms with Crippen molar-refractivity contribution >= 4 is 5.97 Å². The Balaban J connectivity index is 3.37. The van der Waals surface area contributed by atoms with Gasteiger partial charge in [-0.25, -0.2) is 0 Å². The molecule has 0 rings (SSSR count). The fourth-order valence-electron chi connectivity index (χ4n) is 1.52. The third-order valence-electron chi connectivity index (χ3n) is 2.56. The zero-order valence-electron chi connectivity index (χ0n) is 10.7. The Hall–Kier alpha value is -1.01. The van der Waals surface area contributed by atoms with Crippen LogP contribution in [0.25, 0.3) is 0 Å². The van der Waals surface area contributed by atoms with E-state index in [1.807, 2.05) is 0 Å². The molecule has 0 aliphatic carbocycles. The van der Waals surface area contributed by atoms with Crippen molar-refractivity contribution in [1.82, 2.24) is 0 Å². The molecule has 1 atom stereocenters. The number of carbonyl (C=O) groups is 1. The number of unbranched alkanes of at least 4 members (excludes halogenated alkanes) is 6. The first kappa shape index (κ1) is 16.0. The minimum atomic E-state index is -0.887. The third-order valence-corrected chi connectivity index (χ3v) is 2.56. The van der Waals surface area contributed by atoms with Gasteiger partial charge < -0.3 is 10.2 Å². The van der Waals surface area contributed by atoms with E-state index in [9.17, 15) is 9.90 Å². The van der Waals surface area contributed by atoms with Gasteiger partial charge in [-0.15, -0.1) is 5.92 Å². The number of aliphatic hydroxyl groups excluding tert-OH is 1. The van der Waals surface area contributed by atoms with E-state index in [-0.39, 0.29) is 12.8 Å². The molecule has 3 nitrogen and oxygen atoms in total. The summed E-state index contributed by atoms with van der Waals surface area (Å²) in [5.41, 5.74) is 0. The summed E-state index contributed by atoms with van der Waals surface area (Å²) in [6, 6.07) is 0. The Labute approximate surface area is 104 Å². The first-order chi connectivity index (χ1) is 8.16. The van der Waals surface area contributed by atoms with E-state index in [1.54, 1.807) is 0 Å². The fourth-order valence-corrected chi connectivity index (χ4v) is 1.52. The Kier molecular flexibility index (Phi) is 10.8. The molecule has 0 aliphatic heterocycles. The van der Waals surface area contributed by atoms with Crippen molar-refractivity contribution in [2.24, 2.45) is 0 Å². The van der Waals surface area contributed by atoms with E-state index >= 15 is 0 Å². The van der Waals surface area contributed by atoms with Gasteiger partial charge >= 0.3 is 5.97 Å². The first-order valence-electron chi connectivity index (χ1n) is 6.55. The molecule has 0 unspecified atom stereocenters. The molecule has 0 amide bonds. The van der Waals surface area contributed by atoms with Gasteiger partial charge in [-0.05, 0) is 12.8 Å². The SMILES string of the molecule is CCCCCCCCC#C[C@@H](O)CCC(=O)O. The topological polar surface area (TPSA) is 57.5 Å². The molecule has 0 aromatic carbocycles. The van der Waals surface area contributed by atoms with Crippen LogP contribution >= 0.6 is 0 Å². The van der Waals surface area contributed by atoms with Crippen LogP contribution in [0.5, 0.6) is 0 Å². The molecule has 0 fully saturated rings. The fraction of sp³-hybridized carbons (Fsp3) is 0.786. The summed E-state index contributed by atoms with van der Waals surface area (Å²) in [6.07, 6.45) is 7.60. The maximum Gasteiger partial charge on any atom is 0.303 e. The van der Waals surface area contributed by atoms with Gasteiger partial charge in [0, 0.05) is 12.8 Å². The minimum absolute atomic E-state index is 0.0210. The molecule has 0 saturated heterocycles. The maximum absolute atomic E-state index is 10.2. The summed E-state index contributed by atoms with van der Waals surface area (Å²) in [6.45, 7) is 2.20. The van der Waals surface area contributed by atoms with Crippen LogP contribution in [0.3, 0.4) is 0 Å². The van der Waals surface area contributed by atoms with Crippen LogP contribution in [0.2, 0.25) is 0 Å². The molecule has 3 heteroatoms. The van der Waals surface area contributed by atoms with E-state index in [0.717, 1.165) is 12.8 Å². The summed E-state index contributed by atoms with van der Waals surface area (Å²) < 4.78 is 0. The quantitative estimate of drug-likeness (QED) is 0.481. The zero-order chi connectivity index (χ0) is 12.9. The lowest BCUT2D eigenvalue weighted by Gasteiger charge is -1.99. The third kappa shape index (κ3) is 12.9. The van der Waals surface area contributed by atoms with Crippen molar-refractivity contribution in [3.8, 4) is 11.8 Å². The number of carboxylic acids is 1. The number of aliphatic carboxylic acids is 1. The second-order valence-electron chi connectivity index (χ2n) is 4.29. The van der Waals surface area contributed by atoms with Gasteiger partial charge in [0.15, 0.2) is 0 Å². The van der Waals surface area contributed by atoms with Gasteiger partial charge in [-0.3, -0.25) is 4.79 Å². The summed E-state index contributed by atoms with van der Waals surface area (Å²) in [5, 5.41) is 17.7. The van der Waals surface area contributed by atoms with Crippen LogP contribution in [0.15, 0.2) is 0 Å². The van der Waals surface area contributed by atoms with Gasteiger partial charge in [-0.2, -0.15) is 0 Å². The molecule has 0 saturated carbocycles. The first-order valence-corrected chi connectivity index (χ1v) is 6.55. The molecule has 0 bridgehead atoms. The Morgan fingerprint density at radius 1 is 1.18 bits per heavy atom. The van der Waals surface area contributed by atoms with E-state index in [1.165, 1.54) is 32.1 Å². The predicted molar refractivity (Wildman–Crippen MR) is 68.6 cm³/mol. The van der Waals surface area contributed by atoms with Crippen molar-refractivity contribution < 1.29 is 15.0 Å². The van der Waals surface area contributed by atoms with Crippen LogP contribution in [-0.2, 0) is 4.79 Å². The smallest absolute Gasteiger partial charge is 0.303 e. The number of aliphatic hydroxyl groups is 1. The lowest BCUT2D eigenvalue weighted by atomic mass is 10.1. The second kappa shape index (κ2) is 11.5. The molecule has 17 heavy (non-hydrogen) atoms. The van der Waals surface area contributed by atoms with Gasteiger partial charge in [-0.1, -0.05) is 44.9 Å². The Bertz CT molecular complexity index is 250. The van der Waals surface area contributed by atoms with Crippen LogP contribution in [0.4, 0.5) is 0 Å². The largest absolute Gasteiger partial charge is 0.481 e. The highest BCUT2D eigenvalue weighted by Gasteiger charge is 2.02. The normalized spacial score (nSPS) is 11.6. The molecular weight excluding hydrogens is 216 g/mol. The molecule has 0 aliphatic rings. The highest BCUT2D eigenvalue weighted by molar-refractivity contribution is 5.66. The number of hydrogen-bond donors (Lipinski definition) is 2. The number of carboxylic acid groups (broad SMARTS) is 1. The van der Waals surface area contributed by atoms with Crippen molar-refractivity contribution in [2.45, 2.75) is 70.8 Å². The average Bonchev–Trinajstić information content (AvgIpc) is 2.30. The maximum atomic E-state index is 10.2. The monoisotopic (exact) mass is 240 g/mol. The van der Waals surface area contributed by atoms with Crippen LogP contribution < -0.4 is 0 Å². The summed E-state index contributed by atoms with van der Waals surface area (Å²) in [7, 11) is 0. The highest BCUT2D eigenvalue weighted by atomic mass is 16.4. The average molecular weight is 240 g/mol. The molecular formula is C14H24O3. The number of hydrogen-bond acceptors (Lipinski definition) is 2.